The zero-order chi connectivity index (χ0) is 16.9. The zero-order valence-corrected chi connectivity index (χ0v) is 14.3. The molecule has 0 radical (unpaired) electrons. The highest BCUT2D eigenvalue weighted by Gasteiger charge is 2.06. The van der Waals surface area contributed by atoms with Crippen LogP contribution >= 0.6 is 11.3 Å². The molecule has 1 aromatic carbocycles. The number of hydrogen-bond donors (Lipinski definition) is 2. The minimum absolute atomic E-state index is 0.216. The van der Waals surface area contributed by atoms with Crippen molar-refractivity contribution in [2.45, 2.75) is 26.9 Å². The lowest BCUT2D eigenvalue weighted by Gasteiger charge is -2.08. The van der Waals surface area contributed by atoms with Crippen molar-refractivity contribution in [1.82, 2.24) is 30.4 Å². The molecule has 0 atom stereocenters. The Kier molecular flexibility index (Phi) is 4.85. The van der Waals surface area contributed by atoms with Crippen LogP contribution in [0.3, 0.4) is 0 Å². The maximum Gasteiger partial charge on any atom is 0.315 e. The fourth-order valence-corrected chi connectivity index (χ4v) is 3.04. The van der Waals surface area contributed by atoms with E-state index < -0.39 is 0 Å². The molecule has 0 saturated carbocycles. The predicted molar refractivity (Wildman–Crippen MR) is 92.0 cm³/mol. The standard InChI is InChI=1S/C16H18N6OS/c1-11-12(2)24-15(21-11)8-19-16(23)18-7-13-4-3-5-14(6-13)22-10-17-9-20-22/h3-6,9-10H,7-8H2,1-2H3,(H2,18,19,23). The molecule has 2 heterocycles. The van der Waals surface area contributed by atoms with Gasteiger partial charge in [-0.2, -0.15) is 5.10 Å². The molecular weight excluding hydrogens is 324 g/mol. The number of nitrogens with zero attached hydrogens (tertiary/aromatic N) is 4. The Morgan fingerprint density at radius 2 is 2.08 bits per heavy atom. The summed E-state index contributed by atoms with van der Waals surface area (Å²) in [5, 5.41) is 10.7. The molecule has 24 heavy (non-hydrogen) atoms. The number of aromatic nitrogens is 4. The predicted octanol–water partition coefficient (Wildman–Crippen LogP) is 2.34. The third-order valence-electron chi connectivity index (χ3n) is 3.52. The Hall–Kier alpha value is -2.74. The quantitative estimate of drug-likeness (QED) is 0.745. The Morgan fingerprint density at radius 1 is 1.25 bits per heavy atom. The van der Waals surface area contributed by atoms with E-state index in [4.69, 9.17) is 0 Å². The van der Waals surface area contributed by atoms with Crippen LogP contribution in [-0.4, -0.2) is 25.8 Å². The van der Waals surface area contributed by atoms with Crippen LogP contribution in [0.1, 0.15) is 21.1 Å². The van der Waals surface area contributed by atoms with Gasteiger partial charge in [0.05, 0.1) is 17.9 Å². The van der Waals surface area contributed by atoms with Crippen molar-refractivity contribution in [3.05, 3.63) is 58.1 Å². The van der Waals surface area contributed by atoms with Crippen molar-refractivity contribution < 1.29 is 4.79 Å². The first-order valence-electron chi connectivity index (χ1n) is 7.50. The Morgan fingerprint density at radius 3 is 2.79 bits per heavy atom. The van der Waals surface area contributed by atoms with E-state index >= 15 is 0 Å². The third kappa shape index (κ3) is 3.96. The van der Waals surface area contributed by atoms with Gasteiger partial charge >= 0.3 is 6.03 Å². The molecule has 8 heteroatoms. The largest absolute Gasteiger partial charge is 0.334 e. The highest BCUT2D eigenvalue weighted by molar-refractivity contribution is 7.11. The summed E-state index contributed by atoms with van der Waals surface area (Å²) in [5.74, 6) is 0. The maximum absolute atomic E-state index is 11.9. The minimum Gasteiger partial charge on any atom is -0.334 e. The maximum atomic E-state index is 11.9. The second-order valence-electron chi connectivity index (χ2n) is 5.30. The van der Waals surface area contributed by atoms with E-state index in [1.165, 1.54) is 11.2 Å². The molecule has 2 aromatic heterocycles. The summed E-state index contributed by atoms with van der Waals surface area (Å²) in [6.45, 7) is 4.87. The van der Waals surface area contributed by atoms with Crippen molar-refractivity contribution in [1.29, 1.82) is 0 Å². The van der Waals surface area contributed by atoms with Crippen LogP contribution in [0.5, 0.6) is 0 Å². The Bertz CT molecular complexity index is 807. The van der Waals surface area contributed by atoms with Crippen LogP contribution in [0, 0.1) is 13.8 Å². The van der Waals surface area contributed by atoms with Gasteiger partial charge in [0.2, 0.25) is 0 Å². The summed E-state index contributed by atoms with van der Waals surface area (Å²) >= 11 is 1.60. The average molecular weight is 342 g/mol. The number of nitrogens with one attached hydrogen (secondary N) is 2. The molecule has 3 aromatic rings. The number of rotatable bonds is 5. The molecule has 0 aliphatic carbocycles. The number of benzene rings is 1. The van der Waals surface area contributed by atoms with Crippen molar-refractivity contribution in [2.24, 2.45) is 0 Å². The number of aryl methyl sites for hydroxylation is 2. The van der Waals surface area contributed by atoms with Gasteiger partial charge in [0.15, 0.2) is 0 Å². The zero-order valence-electron chi connectivity index (χ0n) is 13.5. The first-order valence-corrected chi connectivity index (χ1v) is 8.32. The van der Waals surface area contributed by atoms with Crippen molar-refractivity contribution in [3.8, 4) is 5.69 Å². The minimum atomic E-state index is -0.216. The van der Waals surface area contributed by atoms with Gasteiger partial charge in [0.25, 0.3) is 0 Å². The molecule has 7 nitrogen and oxygen atoms in total. The van der Waals surface area contributed by atoms with Crippen LogP contribution in [0.2, 0.25) is 0 Å². The Balaban J connectivity index is 1.52. The van der Waals surface area contributed by atoms with Crippen LogP contribution in [0.15, 0.2) is 36.9 Å². The fourth-order valence-electron chi connectivity index (χ4n) is 2.17. The highest BCUT2D eigenvalue weighted by Crippen LogP contribution is 2.15. The summed E-state index contributed by atoms with van der Waals surface area (Å²) in [6.07, 6.45) is 3.12. The monoisotopic (exact) mass is 342 g/mol. The molecule has 2 N–H and O–H groups in total. The van der Waals surface area contributed by atoms with Crippen molar-refractivity contribution >= 4 is 17.4 Å². The second-order valence-corrected chi connectivity index (χ2v) is 6.58. The summed E-state index contributed by atoms with van der Waals surface area (Å²) in [7, 11) is 0. The van der Waals surface area contributed by atoms with Gasteiger partial charge in [-0.25, -0.2) is 19.4 Å². The lowest BCUT2D eigenvalue weighted by atomic mass is 10.2. The van der Waals surface area contributed by atoms with E-state index in [9.17, 15) is 4.79 Å². The molecule has 0 saturated heterocycles. The number of carbonyl (C=O) groups is 1. The number of amides is 2. The smallest absolute Gasteiger partial charge is 0.315 e. The topological polar surface area (TPSA) is 84.7 Å². The van der Waals surface area contributed by atoms with Crippen molar-refractivity contribution in [3.63, 3.8) is 0 Å². The van der Waals surface area contributed by atoms with Gasteiger partial charge in [0, 0.05) is 11.4 Å². The second kappa shape index (κ2) is 7.22. The Labute approximate surface area is 143 Å². The van der Waals surface area contributed by atoms with E-state index in [1.54, 1.807) is 22.3 Å². The molecular formula is C16H18N6OS. The van der Waals surface area contributed by atoms with E-state index in [0.717, 1.165) is 22.0 Å². The average Bonchev–Trinajstić information content (AvgIpc) is 3.22. The van der Waals surface area contributed by atoms with Gasteiger partial charge < -0.3 is 10.6 Å². The fraction of sp³-hybridized carbons (Fsp3) is 0.250. The molecule has 2 amide bonds. The van der Waals surface area contributed by atoms with Crippen LogP contribution in [-0.2, 0) is 13.1 Å². The first-order chi connectivity index (χ1) is 11.6. The summed E-state index contributed by atoms with van der Waals surface area (Å²) in [5.41, 5.74) is 2.90. The van der Waals surface area contributed by atoms with Crippen molar-refractivity contribution in [2.75, 3.05) is 0 Å². The molecule has 0 aliphatic heterocycles. The number of urea groups is 1. The van der Waals surface area contributed by atoms with Crippen LogP contribution < -0.4 is 10.6 Å². The van der Waals surface area contributed by atoms with Gasteiger partial charge in [-0.15, -0.1) is 11.3 Å². The van der Waals surface area contributed by atoms with E-state index in [1.807, 2.05) is 38.1 Å². The number of carbonyl (C=O) groups excluding carboxylic acids is 1. The number of thiazole rings is 1. The number of hydrogen-bond acceptors (Lipinski definition) is 5. The van der Waals surface area contributed by atoms with E-state index in [2.05, 4.69) is 25.7 Å². The summed E-state index contributed by atoms with van der Waals surface area (Å²) in [4.78, 5) is 21.4. The molecule has 0 fully saturated rings. The normalized spacial score (nSPS) is 10.6. The first kappa shape index (κ1) is 16.1. The van der Waals surface area contributed by atoms with Crippen LogP contribution in [0.25, 0.3) is 5.69 Å². The SMILES string of the molecule is Cc1nc(CNC(=O)NCc2cccc(-n3cncn3)c2)sc1C. The van der Waals surface area contributed by atoms with E-state index in [-0.39, 0.29) is 6.03 Å². The molecule has 0 bridgehead atoms. The van der Waals surface area contributed by atoms with Gasteiger partial charge in [-0.05, 0) is 31.5 Å². The molecule has 0 aliphatic rings. The van der Waals surface area contributed by atoms with Crippen LogP contribution in [0.4, 0.5) is 4.79 Å². The molecule has 124 valence electrons. The molecule has 0 spiro atoms. The summed E-state index contributed by atoms with van der Waals surface area (Å²) in [6, 6.07) is 7.56. The summed E-state index contributed by atoms with van der Waals surface area (Å²) < 4.78 is 1.68. The lowest BCUT2D eigenvalue weighted by molar-refractivity contribution is 0.240. The van der Waals surface area contributed by atoms with Gasteiger partial charge in [0.1, 0.15) is 17.7 Å². The third-order valence-corrected chi connectivity index (χ3v) is 4.59. The molecule has 0 unspecified atom stereocenters. The lowest BCUT2D eigenvalue weighted by Crippen LogP contribution is -2.34. The van der Waals surface area contributed by atoms with Gasteiger partial charge in [-0.1, -0.05) is 12.1 Å². The van der Waals surface area contributed by atoms with E-state index in [0.29, 0.717) is 13.1 Å². The van der Waals surface area contributed by atoms with Gasteiger partial charge in [-0.3, -0.25) is 0 Å². The molecule has 3 rings (SSSR count). The highest BCUT2D eigenvalue weighted by atomic mass is 32.1.